The standard InChI is InChI=1S/C17H16FNS/c1-2-19-17(12-6-5-7-13(18)10-12)15-11-20-16-9-4-3-8-14(15)16/h3-11,17,19H,2H2,1H3. The molecule has 0 spiro atoms. The average molecular weight is 285 g/mol. The van der Waals surface area contributed by atoms with E-state index < -0.39 is 0 Å². The number of fused-ring (bicyclic) bond motifs is 1. The highest BCUT2D eigenvalue weighted by Gasteiger charge is 2.17. The minimum absolute atomic E-state index is 0.0341. The Morgan fingerprint density at radius 2 is 2.00 bits per heavy atom. The lowest BCUT2D eigenvalue weighted by atomic mass is 9.98. The van der Waals surface area contributed by atoms with Gasteiger partial charge in [0.05, 0.1) is 6.04 Å². The van der Waals surface area contributed by atoms with Crippen molar-refractivity contribution in [2.24, 2.45) is 0 Å². The molecule has 0 amide bonds. The molecule has 3 aromatic rings. The summed E-state index contributed by atoms with van der Waals surface area (Å²) < 4.78 is 14.8. The molecule has 0 saturated heterocycles. The molecular weight excluding hydrogens is 269 g/mol. The Labute approximate surface area is 122 Å². The number of halogens is 1. The van der Waals surface area contributed by atoms with E-state index >= 15 is 0 Å². The van der Waals surface area contributed by atoms with Crippen molar-refractivity contribution in [3.63, 3.8) is 0 Å². The quantitative estimate of drug-likeness (QED) is 0.730. The van der Waals surface area contributed by atoms with Crippen LogP contribution in [0.2, 0.25) is 0 Å². The molecule has 1 N–H and O–H groups in total. The lowest BCUT2D eigenvalue weighted by Gasteiger charge is -2.18. The van der Waals surface area contributed by atoms with Crippen molar-refractivity contribution in [1.29, 1.82) is 0 Å². The zero-order chi connectivity index (χ0) is 13.9. The fourth-order valence-corrected chi connectivity index (χ4v) is 3.51. The van der Waals surface area contributed by atoms with Crippen LogP contribution >= 0.6 is 11.3 Å². The van der Waals surface area contributed by atoms with Crippen LogP contribution in [-0.4, -0.2) is 6.54 Å². The highest BCUT2D eigenvalue weighted by atomic mass is 32.1. The Kier molecular flexibility index (Phi) is 3.81. The van der Waals surface area contributed by atoms with Crippen molar-refractivity contribution >= 4 is 21.4 Å². The fourth-order valence-electron chi connectivity index (χ4n) is 2.52. The van der Waals surface area contributed by atoms with E-state index in [0.717, 1.165) is 12.1 Å². The molecule has 2 aromatic carbocycles. The number of rotatable bonds is 4. The van der Waals surface area contributed by atoms with Crippen LogP contribution in [0.25, 0.3) is 10.1 Å². The lowest BCUT2D eigenvalue weighted by Crippen LogP contribution is -2.21. The summed E-state index contributed by atoms with van der Waals surface area (Å²) in [6.45, 7) is 2.91. The minimum Gasteiger partial charge on any atom is -0.306 e. The second-order valence-electron chi connectivity index (χ2n) is 4.73. The van der Waals surface area contributed by atoms with Crippen molar-refractivity contribution in [1.82, 2.24) is 5.32 Å². The molecule has 1 nitrogen and oxygen atoms in total. The van der Waals surface area contributed by atoms with Gasteiger partial charge in [-0.25, -0.2) is 4.39 Å². The molecule has 0 aliphatic carbocycles. The summed E-state index contributed by atoms with van der Waals surface area (Å²) in [6, 6.07) is 15.2. The van der Waals surface area contributed by atoms with Crippen molar-refractivity contribution in [2.45, 2.75) is 13.0 Å². The van der Waals surface area contributed by atoms with Crippen molar-refractivity contribution in [2.75, 3.05) is 6.54 Å². The smallest absolute Gasteiger partial charge is 0.123 e. The van der Waals surface area contributed by atoms with Crippen molar-refractivity contribution < 1.29 is 4.39 Å². The van der Waals surface area contributed by atoms with E-state index in [1.54, 1.807) is 23.5 Å². The Morgan fingerprint density at radius 3 is 2.80 bits per heavy atom. The van der Waals surface area contributed by atoms with Gasteiger partial charge in [-0.3, -0.25) is 0 Å². The molecule has 1 unspecified atom stereocenters. The Hall–Kier alpha value is -1.71. The van der Waals surface area contributed by atoms with Crippen LogP contribution in [0.1, 0.15) is 24.1 Å². The summed E-state index contributed by atoms with van der Waals surface area (Å²) in [4.78, 5) is 0. The predicted molar refractivity (Wildman–Crippen MR) is 83.7 cm³/mol. The summed E-state index contributed by atoms with van der Waals surface area (Å²) in [5, 5.41) is 6.87. The Morgan fingerprint density at radius 1 is 1.15 bits per heavy atom. The van der Waals surface area contributed by atoms with Gasteiger partial charge in [-0.15, -0.1) is 11.3 Å². The van der Waals surface area contributed by atoms with E-state index in [4.69, 9.17) is 0 Å². The molecule has 0 radical (unpaired) electrons. The highest BCUT2D eigenvalue weighted by Crippen LogP contribution is 2.33. The molecule has 1 aromatic heterocycles. The topological polar surface area (TPSA) is 12.0 Å². The highest BCUT2D eigenvalue weighted by molar-refractivity contribution is 7.17. The van der Waals surface area contributed by atoms with Crippen LogP contribution in [-0.2, 0) is 0 Å². The molecule has 3 rings (SSSR count). The normalized spacial score (nSPS) is 12.7. The molecule has 0 aliphatic heterocycles. The zero-order valence-corrected chi connectivity index (χ0v) is 12.1. The number of nitrogens with one attached hydrogen (secondary N) is 1. The first kappa shape index (κ1) is 13.3. The number of benzene rings is 2. The van der Waals surface area contributed by atoms with E-state index in [1.165, 1.54) is 21.7 Å². The van der Waals surface area contributed by atoms with Crippen molar-refractivity contribution in [3.05, 3.63) is 70.9 Å². The third-order valence-corrected chi connectivity index (χ3v) is 4.39. The second-order valence-corrected chi connectivity index (χ2v) is 5.64. The van der Waals surface area contributed by atoms with Gasteiger partial charge in [0, 0.05) is 4.70 Å². The summed E-state index contributed by atoms with van der Waals surface area (Å²) in [6.07, 6.45) is 0. The van der Waals surface area contributed by atoms with Crippen LogP contribution in [0, 0.1) is 5.82 Å². The molecule has 102 valence electrons. The molecule has 1 atom stereocenters. The largest absolute Gasteiger partial charge is 0.306 e. The third-order valence-electron chi connectivity index (χ3n) is 3.41. The average Bonchev–Trinajstić information content (AvgIpc) is 2.88. The molecular formula is C17H16FNS. The maximum Gasteiger partial charge on any atom is 0.123 e. The number of hydrogen-bond acceptors (Lipinski definition) is 2. The van der Waals surface area contributed by atoms with Crippen LogP contribution in [0.3, 0.4) is 0 Å². The van der Waals surface area contributed by atoms with Gasteiger partial charge < -0.3 is 5.32 Å². The molecule has 0 fully saturated rings. The van der Waals surface area contributed by atoms with Crippen LogP contribution in [0.15, 0.2) is 53.9 Å². The second kappa shape index (κ2) is 5.73. The van der Waals surface area contributed by atoms with Gasteiger partial charge in [0.25, 0.3) is 0 Å². The number of hydrogen-bond donors (Lipinski definition) is 1. The van der Waals surface area contributed by atoms with Crippen LogP contribution < -0.4 is 5.32 Å². The first-order valence-electron chi connectivity index (χ1n) is 6.74. The molecule has 0 saturated carbocycles. The summed E-state index contributed by atoms with van der Waals surface area (Å²) in [5.41, 5.74) is 2.19. The van der Waals surface area contributed by atoms with Crippen molar-refractivity contribution in [3.8, 4) is 0 Å². The summed E-state index contributed by atoms with van der Waals surface area (Å²) >= 11 is 1.73. The lowest BCUT2D eigenvalue weighted by molar-refractivity contribution is 0.605. The van der Waals surface area contributed by atoms with Gasteiger partial charge in [-0.1, -0.05) is 37.3 Å². The summed E-state index contributed by atoms with van der Waals surface area (Å²) in [5.74, 6) is -0.190. The SMILES string of the molecule is CCNC(c1cccc(F)c1)c1csc2ccccc12. The van der Waals surface area contributed by atoms with Gasteiger partial charge in [0.1, 0.15) is 5.82 Å². The first-order valence-corrected chi connectivity index (χ1v) is 7.62. The zero-order valence-electron chi connectivity index (χ0n) is 11.3. The molecule has 20 heavy (non-hydrogen) atoms. The molecule has 0 bridgehead atoms. The fraction of sp³-hybridized carbons (Fsp3) is 0.176. The van der Waals surface area contributed by atoms with Gasteiger partial charge in [-0.2, -0.15) is 0 Å². The summed E-state index contributed by atoms with van der Waals surface area (Å²) in [7, 11) is 0. The monoisotopic (exact) mass is 285 g/mol. The van der Waals surface area contributed by atoms with Gasteiger partial charge in [0.2, 0.25) is 0 Å². The Balaban J connectivity index is 2.11. The van der Waals surface area contributed by atoms with Gasteiger partial charge >= 0.3 is 0 Å². The van der Waals surface area contributed by atoms with E-state index in [9.17, 15) is 4.39 Å². The molecule has 0 aliphatic rings. The van der Waals surface area contributed by atoms with E-state index in [1.807, 2.05) is 18.2 Å². The Bertz CT molecular complexity index is 720. The van der Waals surface area contributed by atoms with Gasteiger partial charge in [-0.05, 0) is 46.6 Å². The van der Waals surface area contributed by atoms with Crippen LogP contribution in [0.5, 0.6) is 0 Å². The minimum atomic E-state index is -0.190. The maximum atomic E-state index is 13.5. The van der Waals surface area contributed by atoms with E-state index in [-0.39, 0.29) is 11.9 Å². The maximum absolute atomic E-state index is 13.5. The number of thiophene rings is 1. The predicted octanol–water partition coefficient (Wildman–Crippen LogP) is 4.74. The first-order chi connectivity index (χ1) is 9.79. The van der Waals surface area contributed by atoms with Gasteiger partial charge in [0.15, 0.2) is 0 Å². The molecule has 3 heteroatoms. The van der Waals surface area contributed by atoms with E-state index in [0.29, 0.717) is 0 Å². The molecule has 1 heterocycles. The van der Waals surface area contributed by atoms with E-state index in [2.05, 4.69) is 29.8 Å². The third kappa shape index (κ3) is 2.47. The van der Waals surface area contributed by atoms with Crippen LogP contribution in [0.4, 0.5) is 4.39 Å².